The average Bonchev–Trinajstić information content (AvgIpc) is 2.42. The van der Waals surface area contributed by atoms with E-state index in [2.05, 4.69) is 37.8 Å². The van der Waals surface area contributed by atoms with Gasteiger partial charge in [0, 0.05) is 22.1 Å². The van der Waals surface area contributed by atoms with Crippen LogP contribution in [0, 0.1) is 19.8 Å². The lowest BCUT2D eigenvalue weighted by atomic mass is 9.99. The monoisotopic (exact) mass is 334 g/mol. The van der Waals surface area contributed by atoms with E-state index in [1.54, 1.807) is 6.20 Å². The Kier molecular flexibility index (Phi) is 4.83. The molecule has 0 saturated heterocycles. The maximum atomic E-state index is 5.70. The molecule has 1 atom stereocenters. The third-order valence-corrected chi connectivity index (χ3v) is 3.99. The summed E-state index contributed by atoms with van der Waals surface area (Å²) in [5, 5.41) is 0. The second-order valence-corrected chi connectivity index (χ2v) is 5.93. The predicted molar refractivity (Wildman–Crippen MR) is 84.4 cm³/mol. The molecule has 0 fully saturated rings. The molecule has 0 aliphatic carbocycles. The van der Waals surface area contributed by atoms with Crippen LogP contribution in [0.15, 0.2) is 22.8 Å². The molecular formula is C15H19BrN4. The van der Waals surface area contributed by atoms with Gasteiger partial charge in [0.05, 0.1) is 0 Å². The molecule has 0 spiro atoms. The molecule has 20 heavy (non-hydrogen) atoms. The van der Waals surface area contributed by atoms with Gasteiger partial charge in [0.2, 0.25) is 0 Å². The van der Waals surface area contributed by atoms with Crippen LogP contribution in [-0.2, 0) is 6.42 Å². The fourth-order valence-corrected chi connectivity index (χ4v) is 2.56. The SMILES string of the molecule is Cc1nc(-c2ncccc2Br)nc(C)c1CC(C)CN. The van der Waals surface area contributed by atoms with Gasteiger partial charge in [-0.05, 0) is 66.4 Å². The Balaban J connectivity index is 2.43. The van der Waals surface area contributed by atoms with Crippen LogP contribution < -0.4 is 5.73 Å². The summed E-state index contributed by atoms with van der Waals surface area (Å²) < 4.78 is 0.905. The first-order valence-electron chi connectivity index (χ1n) is 6.68. The van der Waals surface area contributed by atoms with Crippen molar-refractivity contribution in [1.29, 1.82) is 0 Å². The predicted octanol–water partition coefficient (Wildman–Crippen LogP) is 3.06. The number of aromatic nitrogens is 3. The van der Waals surface area contributed by atoms with E-state index < -0.39 is 0 Å². The number of hydrogen-bond donors (Lipinski definition) is 1. The van der Waals surface area contributed by atoms with Crippen LogP contribution in [0.1, 0.15) is 23.9 Å². The number of rotatable bonds is 4. The first kappa shape index (κ1) is 15.1. The van der Waals surface area contributed by atoms with Crippen molar-refractivity contribution in [1.82, 2.24) is 15.0 Å². The molecule has 0 aromatic carbocycles. The summed E-state index contributed by atoms with van der Waals surface area (Å²) in [6.45, 7) is 6.86. The van der Waals surface area contributed by atoms with Crippen LogP contribution >= 0.6 is 15.9 Å². The molecule has 106 valence electrons. The maximum Gasteiger partial charge on any atom is 0.179 e. The second-order valence-electron chi connectivity index (χ2n) is 5.08. The molecule has 5 heteroatoms. The van der Waals surface area contributed by atoms with E-state index in [0.29, 0.717) is 18.3 Å². The normalized spacial score (nSPS) is 12.4. The van der Waals surface area contributed by atoms with Gasteiger partial charge in [-0.25, -0.2) is 9.97 Å². The average molecular weight is 335 g/mol. The maximum absolute atomic E-state index is 5.70. The lowest BCUT2D eigenvalue weighted by Crippen LogP contribution is -2.15. The van der Waals surface area contributed by atoms with E-state index >= 15 is 0 Å². The van der Waals surface area contributed by atoms with Crippen LogP contribution in [0.4, 0.5) is 0 Å². The van der Waals surface area contributed by atoms with Crippen molar-refractivity contribution in [3.05, 3.63) is 39.8 Å². The third kappa shape index (κ3) is 3.22. The van der Waals surface area contributed by atoms with Crippen molar-refractivity contribution in [2.45, 2.75) is 27.2 Å². The minimum atomic E-state index is 0.434. The molecule has 2 aromatic rings. The number of aryl methyl sites for hydroxylation is 2. The molecule has 0 aliphatic heterocycles. The lowest BCUT2D eigenvalue weighted by molar-refractivity contribution is 0.586. The van der Waals surface area contributed by atoms with E-state index in [1.165, 1.54) is 5.56 Å². The zero-order valence-corrected chi connectivity index (χ0v) is 13.6. The van der Waals surface area contributed by atoms with Gasteiger partial charge in [-0.2, -0.15) is 0 Å². The molecule has 0 amide bonds. The van der Waals surface area contributed by atoms with E-state index in [0.717, 1.165) is 28.0 Å². The summed E-state index contributed by atoms with van der Waals surface area (Å²) in [6, 6.07) is 3.82. The van der Waals surface area contributed by atoms with Crippen LogP contribution in [0.2, 0.25) is 0 Å². The third-order valence-electron chi connectivity index (χ3n) is 3.35. The molecule has 0 aliphatic rings. The zero-order valence-electron chi connectivity index (χ0n) is 12.0. The summed E-state index contributed by atoms with van der Waals surface area (Å²) in [4.78, 5) is 13.6. The lowest BCUT2D eigenvalue weighted by Gasteiger charge is -2.14. The van der Waals surface area contributed by atoms with Crippen LogP contribution in [0.25, 0.3) is 11.5 Å². The molecule has 2 aromatic heterocycles. The Morgan fingerprint density at radius 3 is 2.45 bits per heavy atom. The first-order valence-corrected chi connectivity index (χ1v) is 7.47. The van der Waals surface area contributed by atoms with Gasteiger partial charge in [0.1, 0.15) is 5.69 Å². The first-order chi connectivity index (χ1) is 9.52. The largest absolute Gasteiger partial charge is 0.330 e. The fourth-order valence-electron chi connectivity index (χ4n) is 2.12. The highest BCUT2D eigenvalue weighted by Gasteiger charge is 2.14. The quantitative estimate of drug-likeness (QED) is 0.933. The standard InChI is InChI=1S/C15H19BrN4/c1-9(8-17)7-12-10(2)19-15(20-11(12)3)14-13(16)5-4-6-18-14/h4-6,9H,7-8,17H2,1-3H3. The Labute approximate surface area is 128 Å². The minimum Gasteiger partial charge on any atom is -0.330 e. The van der Waals surface area contributed by atoms with Crippen LogP contribution in [0.3, 0.4) is 0 Å². The highest BCUT2D eigenvalue weighted by Crippen LogP contribution is 2.25. The van der Waals surface area contributed by atoms with Gasteiger partial charge < -0.3 is 5.73 Å². The molecule has 0 bridgehead atoms. The second kappa shape index (κ2) is 6.41. The van der Waals surface area contributed by atoms with Crippen molar-refractivity contribution >= 4 is 15.9 Å². The number of nitrogens with two attached hydrogens (primary N) is 1. The summed E-state index contributed by atoms with van der Waals surface area (Å²) in [5.74, 6) is 1.10. The van der Waals surface area contributed by atoms with E-state index in [4.69, 9.17) is 5.73 Å². The van der Waals surface area contributed by atoms with Crippen LogP contribution in [0.5, 0.6) is 0 Å². The highest BCUT2D eigenvalue weighted by atomic mass is 79.9. The van der Waals surface area contributed by atoms with E-state index in [1.807, 2.05) is 26.0 Å². The molecule has 0 radical (unpaired) electrons. The molecule has 1 unspecified atom stereocenters. The number of hydrogen-bond acceptors (Lipinski definition) is 4. The summed E-state index contributed by atoms with van der Waals surface area (Å²) >= 11 is 3.49. The number of nitrogens with zero attached hydrogens (tertiary/aromatic N) is 3. The van der Waals surface area contributed by atoms with Crippen molar-refractivity contribution in [3.8, 4) is 11.5 Å². The smallest absolute Gasteiger partial charge is 0.179 e. The van der Waals surface area contributed by atoms with Gasteiger partial charge in [-0.15, -0.1) is 0 Å². The molecule has 0 saturated carbocycles. The van der Waals surface area contributed by atoms with Crippen LogP contribution in [-0.4, -0.2) is 21.5 Å². The number of halogens is 1. The van der Waals surface area contributed by atoms with Gasteiger partial charge in [0.25, 0.3) is 0 Å². The molecule has 2 heterocycles. The molecule has 4 nitrogen and oxygen atoms in total. The van der Waals surface area contributed by atoms with E-state index in [-0.39, 0.29) is 0 Å². The molecule has 2 rings (SSSR count). The Morgan fingerprint density at radius 1 is 1.25 bits per heavy atom. The Bertz CT molecular complexity index is 590. The van der Waals surface area contributed by atoms with Crippen molar-refractivity contribution in [3.63, 3.8) is 0 Å². The summed E-state index contributed by atoms with van der Waals surface area (Å²) in [5.41, 5.74) is 9.68. The highest BCUT2D eigenvalue weighted by molar-refractivity contribution is 9.10. The Hall–Kier alpha value is -1.33. The fraction of sp³-hybridized carbons (Fsp3) is 0.400. The summed E-state index contributed by atoms with van der Waals surface area (Å²) in [7, 11) is 0. The molecular weight excluding hydrogens is 316 g/mol. The van der Waals surface area contributed by atoms with Gasteiger partial charge in [-0.1, -0.05) is 6.92 Å². The number of pyridine rings is 1. The zero-order chi connectivity index (χ0) is 14.7. The van der Waals surface area contributed by atoms with Crippen molar-refractivity contribution in [2.24, 2.45) is 11.7 Å². The summed E-state index contributed by atoms with van der Waals surface area (Å²) in [6.07, 6.45) is 2.66. The topological polar surface area (TPSA) is 64.7 Å². The van der Waals surface area contributed by atoms with Crippen molar-refractivity contribution < 1.29 is 0 Å². The molecule has 2 N–H and O–H groups in total. The van der Waals surface area contributed by atoms with E-state index in [9.17, 15) is 0 Å². The Morgan fingerprint density at radius 2 is 1.90 bits per heavy atom. The van der Waals surface area contributed by atoms with Gasteiger partial charge in [0.15, 0.2) is 5.82 Å². The van der Waals surface area contributed by atoms with Gasteiger partial charge >= 0.3 is 0 Å². The van der Waals surface area contributed by atoms with Crippen molar-refractivity contribution in [2.75, 3.05) is 6.54 Å². The minimum absolute atomic E-state index is 0.434. The van der Waals surface area contributed by atoms with Gasteiger partial charge in [-0.3, -0.25) is 4.98 Å².